The predicted octanol–water partition coefficient (Wildman–Crippen LogP) is 4.11. The number of benzene rings is 1. The second-order valence-electron chi connectivity index (χ2n) is 4.31. The third kappa shape index (κ3) is 3.61. The van der Waals surface area contributed by atoms with Crippen molar-refractivity contribution in [2.45, 2.75) is 6.92 Å². The van der Waals surface area contributed by atoms with E-state index < -0.39 is 0 Å². The molecule has 0 saturated heterocycles. The molecule has 0 aliphatic rings. The fourth-order valence-corrected chi connectivity index (χ4v) is 2.01. The van der Waals surface area contributed by atoms with Crippen LogP contribution in [0.15, 0.2) is 72.6 Å². The summed E-state index contributed by atoms with van der Waals surface area (Å²) in [6.07, 6.45) is 6.70. The van der Waals surface area contributed by atoms with E-state index in [0.717, 1.165) is 16.9 Å². The van der Waals surface area contributed by atoms with Crippen molar-refractivity contribution >= 4 is 11.5 Å². The molecule has 1 aromatic carbocycles. The Morgan fingerprint density at radius 2 is 2.05 bits per heavy atom. The maximum atomic E-state index is 5.85. The second kappa shape index (κ2) is 7.78. The van der Waals surface area contributed by atoms with Gasteiger partial charge in [-0.15, -0.1) is 0 Å². The number of rotatable bonds is 5. The average molecular weight is 294 g/mol. The summed E-state index contributed by atoms with van der Waals surface area (Å²) in [6.45, 7) is 5.58. The van der Waals surface area contributed by atoms with E-state index in [-0.39, 0.29) is 0 Å². The minimum Gasteiger partial charge on any atom is -0.496 e. The molecule has 0 atom stereocenters. The lowest BCUT2D eigenvalue weighted by Gasteiger charge is -2.14. The van der Waals surface area contributed by atoms with E-state index in [9.17, 15) is 0 Å². The molecular weight excluding hydrogens is 276 g/mol. The van der Waals surface area contributed by atoms with Crippen LogP contribution in [-0.2, 0) is 0 Å². The molecule has 0 saturated carbocycles. The summed E-state index contributed by atoms with van der Waals surface area (Å²) in [5.41, 5.74) is 1.72. The molecule has 0 aliphatic carbocycles. The molecule has 0 radical (unpaired) electrons. The summed E-state index contributed by atoms with van der Waals surface area (Å²) >= 11 is 0. The van der Waals surface area contributed by atoms with Gasteiger partial charge in [-0.25, -0.2) is 4.99 Å². The third-order valence-electron chi connectivity index (χ3n) is 2.97. The topological polar surface area (TPSA) is 43.7 Å². The third-order valence-corrected chi connectivity index (χ3v) is 2.97. The molecule has 1 aromatic heterocycles. The Hall–Kier alpha value is -2.88. The molecule has 0 unspecified atom stereocenters. The fraction of sp³-hybridized carbons (Fsp3) is 0.111. The number of pyridine rings is 1. The van der Waals surface area contributed by atoms with Crippen molar-refractivity contribution < 1.29 is 9.47 Å². The van der Waals surface area contributed by atoms with Gasteiger partial charge in [-0.05, 0) is 25.1 Å². The number of para-hydroxylation sites is 1. The average Bonchev–Trinajstić information content (AvgIpc) is 2.57. The van der Waals surface area contributed by atoms with Crippen molar-refractivity contribution in [3.63, 3.8) is 0 Å². The smallest absolute Gasteiger partial charge is 0.226 e. The second-order valence-corrected chi connectivity index (χ2v) is 4.31. The molecular formula is C18H18N2O2. The van der Waals surface area contributed by atoms with Crippen LogP contribution in [0.3, 0.4) is 0 Å². The van der Waals surface area contributed by atoms with Crippen LogP contribution in [0.1, 0.15) is 12.5 Å². The van der Waals surface area contributed by atoms with Crippen LogP contribution in [0.4, 0.5) is 0 Å². The van der Waals surface area contributed by atoms with Gasteiger partial charge in [-0.2, -0.15) is 0 Å². The highest BCUT2D eigenvalue weighted by Gasteiger charge is 2.15. The number of hydrogen-bond donors (Lipinski definition) is 0. The lowest BCUT2D eigenvalue weighted by Crippen LogP contribution is -2.11. The summed E-state index contributed by atoms with van der Waals surface area (Å²) in [4.78, 5) is 8.29. The van der Waals surface area contributed by atoms with Crippen LogP contribution in [-0.4, -0.2) is 18.0 Å². The van der Waals surface area contributed by atoms with Gasteiger partial charge in [0.2, 0.25) is 5.90 Å². The van der Waals surface area contributed by atoms with Gasteiger partial charge in [0.05, 0.1) is 13.3 Å². The van der Waals surface area contributed by atoms with E-state index in [1.807, 2.05) is 43.3 Å². The van der Waals surface area contributed by atoms with Crippen molar-refractivity contribution in [2.24, 2.45) is 4.99 Å². The maximum Gasteiger partial charge on any atom is 0.226 e. The zero-order valence-corrected chi connectivity index (χ0v) is 12.7. The van der Waals surface area contributed by atoms with Crippen LogP contribution in [0, 0.1) is 0 Å². The van der Waals surface area contributed by atoms with Crippen LogP contribution >= 0.6 is 0 Å². The molecule has 0 aliphatic heterocycles. The summed E-state index contributed by atoms with van der Waals surface area (Å²) in [5, 5.41) is 0. The first-order chi connectivity index (χ1) is 10.8. The highest BCUT2D eigenvalue weighted by Crippen LogP contribution is 2.27. The van der Waals surface area contributed by atoms with Gasteiger partial charge >= 0.3 is 0 Å². The number of aromatic nitrogens is 1. The first-order valence-electron chi connectivity index (χ1n) is 6.86. The zero-order chi connectivity index (χ0) is 15.8. The Morgan fingerprint density at radius 3 is 2.68 bits per heavy atom. The van der Waals surface area contributed by atoms with E-state index in [1.165, 1.54) is 6.20 Å². The van der Waals surface area contributed by atoms with Crippen molar-refractivity contribution in [1.82, 2.24) is 4.98 Å². The minimum atomic E-state index is 0.440. The summed E-state index contributed by atoms with van der Waals surface area (Å²) in [6, 6.07) is 11.3. The predicted molar refractivity (Wildman–Crippen MR) is 89.1 cm³/mol. The lowest BCUT2D eigenvalue weighted by atomic mass is 10.0. The fourth-order valence-electron chi connectivity index (χ4n) is 2.01. The van der Waals surface area contributed by atoms with Gasteiger partial charge in [0.25, 0.3) is 0 Å². The molecule has 1 heterocycles. The van der Waals surface area contributed by atoms with Gasteiger partial charge in [0.15, 0.2) is 0 Å². The minimum absolute atomic E-state index is 0.440. The Kier molecular flexibility index (Phi) is 5.49. The molecule has 4 nitrogen and oxygen atoms in total. The number of ether oxygens (including phenoxy) is 2. The van der Waals surface area contributed by atoms with Crippen LogP contribution in [0.5, 0.6) is 11.5 Å². The van der Waals surface area contributed by atoms with Crippen LogP contribution < -0.4 is 9.47 Å². The Labute approximate surface area is 130 Å². The normalized spacial score (nSPS) is 11.9. The van der Waals surface area contributed by atoms with E-state index in [4.69, 9.17) is 9.47 Å². The van der Waals surface area contributed by atoms with Crippen LogP contribution in [0.25, 0.3) is 5.57 Å². The molecule has 0 bridgehead atoms. The van der Waals surface area contributed by atoms with Crippen molar-refractivity contribution in [3.8, 4) is 11.5 Å². The number of aliphatic imine (C=N–C) groups is 1. The molecule has 0 amide bonds. The van der Waals surface area contributed by atoms with E-state index in [2.05, 4.69) is 16.6 Å². The molecule has 2 rings (SSSR count). The SMILES string of the molecule is C=C/N=C(Oc1cccnc1)\C(=C/C)c1ccccc1OC. The summed E-state index contributed by atoms with van der Waals surface area (Å²) < 4.78 is 11.3. The number of allylic oxidation sites excluding steroid dienone is 1. The van der Waals surface area contributed by atoms with E-state index >= 15 is 0 Å². The number of nitrogens with zero attached hydrogens (tertiary/aromatic N) is 2. The number of methoxy groups -OCH3 is 1. The molecule has 0 N–H and O–H groups in total. The zero-order valence-electron chi connectivity index (χ0n) is 12.7. The standard InChI is InChI=1S/C18H18N2O2/c1-4-15(16-10-6-7-11-17(16)21-3)18(20-5-2)22-14-9-8-12-19-13-14/h4-13H,2H2,1,3H3/b15-4-,20-18+. The van der Waals surface area contributed by atoms with E-state index in [1.54, 1.807) is 25.6 Å². The lowest BCUT2D eigenvalue weighted by molar-refractivity contribution is 0.413. The van der Waals surface area contributed by atoms with Crippen LogP contribution in [0.2, 0.25) is 0 Å². The quantitative estimate of drug-likeness (QED) is 0.615. The van der Waals surface area contributed by atoms with Gasteiger partial charge in [-0.3, -0.25) is 4.98 Å². The summed E-state index contributed by atoms with van der Waals surface area (Å²) in [5.74, 6) is 1.80. The molecule has 22 heavy (non-hydrogen) atoms. The first-order valence-corrected chi connectivity index (χ1v) is 6.86. The van der Waals surface area contributed by atoms with Gasteiger partial charge in [0.1, 0.15) is 11.5 Å². The highest BCUT2D eigenvalue weighted by atomic mass is 16.5. The van der Waals surface area contributed by atoms with Crippen molar-refractivity contribution in [3.05, 3.63) is 73.2 Å². The maximum absolute atomic E-state index is 5.85. The van der Waals surface area contributed by atoms with Gasteiger partial charge in [0, 0.05) is 23.5 Å². The highest BCUT2D eigenvalue weighted by molar-refractivity contribution is 6.21. The molecule has 2 aromatic rings. The molecule has 112 valence electrons. The number of hydrogen-bond acceptors (Lipinski definition) is 4. The Balaban J connectivity index is 2.42. The molecule has 0 spiro atoms. The van der Waals surface area contributed by atoms with Crippen molar-refractivity contribution in [1.29, 1.82) is 0 Å². The van der Waals surface area contributed by atoms with E-state index in [0.29, 0.717) is 11.6 Å². The van der Waals surface area contributed by atoms with Gasteiger partial charge in [-0.1, -0.05) is 30.9 Å². The largest absolute Gasteiger partial charge is 0.496 e. The summed E-state index contributed by atoms with van der Waals surface area (Å²) in [7, 11) is 1.64. The Morgan fingerprint density at radius 1 is 1.23 bits per heavy atom. The Bertz CT molecular complexity index is 691. The first kappa shape index (κ1) is 15.5. The molecule has 0 fully saturated rings. The van der Waals surface area contributed by atoms with Gasteiger partial charge < -0.3 is 9.47 Å². The van der Waals surface area contributed by atoms with Crippen molar-refractivity contribution in [2.75, 3.05) is 7.11 Å². The monoisotopic (exact) mass is 294 g/mol. The molecule has 4 heteroatoms.